The molecule has 2 N–H and O–H groups in total. The maximum absolute atomic E-state index is 4.50. The van der Waals surface area contributed by atoms with Crippen LogP contribution in [-0.2, 0) is 13.1 Å². The van der Waals surface area contributed by atoms with Crippen LogP contribution in [0.3, 0.4) is 0 Å². The van der Waals surface area contributed by atoms with Gasteiger partial charge in [0, 0.05) is 39.8 Å². The molecular weight excluding hydrogens is 360 g/mol. The van der Waals surface area contributed by atoms with Crippen molar-refractivity contribution in [1.82, 2.24) is 25.1 Å². The molecule has 0 bridgehead atoms. The topological polar surface area (TPSA) is 59.6 Å². The number of aliphatic imine (C=N–C) groups is 1. The fraction of sp³-hybridized carbons (Fsp3) is 0.304. The Labute approximate surface area is 172 Å². The fourth-order valence-corrected chi connectivity index (χ4v) is 3.67. The number of aromatic nitrogens is 2. The van der Waals surface area contributed by atoms with E-state index in [4.69, 9.17) is 0 Å². The minimum absolute atomic E-state index is 0.629. The predicted octanol–water partition coefficient (Wildman–Crippen LogP) is 2.97. The second-order valence-corrected chi connectivity index (χ2v) is 7.26. The summed E-state index contributed by atoms with van der Waals surface area (Å²) in [6, 6.07) is 20.9. The first kappa shape index (κ1) is 19.2. The molecule has 6 nitrogen and oxygen atoms in total. The van der Waals surface area contributed by atoms with Crippen LogP contribution in [0.25, 0.3) is 11.3 Å². The minimum atomic E-state index is 0.629. The van der Waals surface area contributed by atoms with Gasteiger partial charge in [-0.05, 0) is 11.1 Å². The van der Waals surface area contributed by atoms with E-state index in [1.807, 2.05) is 31.4 Å². The predicted molar refractivity (Wildman–Crippen MR) is 118 cm³/mol. The lowest BCUT2D eigenvalue weighted by Crippen LogP contribution is -2.52. The second kappa shape index (κ2) is 9.39. The van der Waals surface area contributed by atoms with Crippen LogP contribution in [0.5, 0.6) is 0 Å². The third-order valence-electron chi connectivity index (χ3n) is 5.26. The highest BCUT2D eigenvalue weighted by Gasteiger charge is 2.19. The van der Waals surface area contributed by atoms with Crippen molar-refractivity contribution < 1.29 is 0 Å². The number of hydrogen-bond donors (Lipinski definition) is 2. The Balaban J connectivity index is 1.28. The van der Waals surface area contributed by atoms with E-state index in [1.54, 1.807) is 0 Å². The molecule has 0 aliphatic carbocycles. The zero-order valence-electron chi connectivity index (χ0n) is 16.9. The summed E-state index contributed by atoms with van der Waals surface area (Å²) in [7, 11) is 1.84. The number of hydrogen-bond acceptors (Lipinski definition) is 3. The number of rotatable bonds is 5. The van der Waals surface area contributed by atoms with Crippen LogP contribution in [-0.4, -0.2) is 59.0 Å². The van der Waals surface area contributed by atoms with Crippen LogP contribution in [0.1, 0.15) is 11.4 Å². The van der Waals surface area contributed by atoms with Gasteiger partial charge in [-0.25, -0.2) is 4.98 Å². The SMILES string of the molecule is CN=C(NCc1ncc(-c2ccccc2)[nH]1)N1CCN(Cc2ccccc2)CC1. The van der Waals surface area contributed by atoms with Crippen LogP contribution < -0.4 is 5.32 Å². The lowest BCUT2D eigenvalue weighted by molar-refractivity contribution is 0.172. The van der Waals surface area contributed by atoms with E-state index in [0.29, 0.717) is 6.54 Å². The largest absolute Gasteiger partial charge is 0.349 e. The van der Waals surface area contributed by atoms with Gasteiger partial charge in [0.15, 0.2) is 5.96 Å². The number of piperazine rings is 1. The molecule has 0 atom stereocenters. The van der Waals surface area contributed by atoms with E-state index in [9.17, 15) is 0 Å². The Kier molecular flexibility index (Phi) is 6.22. The highest BCUT2D eigenvalue weighted by atomic mass is 15.3. The molecule has 150 valence electrons. The van der Waals surface area contributed by atoms with E-state index in [1.165, 1.54) is 5.56 Å². The molecule has 4 rings (SSSR count). The molecule has 3 aromatic rings. The maximum Gasteiger partial charge on any atom is 0.194 e. The number of nitrogens with one attached hydrogen (secondary N) is 2. The zero-order chi connectivity index (χ0) is 19.9. The summed E-state index contributed by atoms with van der Waals surface area (Å²) >= 11 is 0. The second-order valence-electron chi connectivity index (χ2n) is 7.26. The van der Waals surface area contributed by atoms with Gasteiger partial charge < -0.3 is 15.2 Å². The molecule has 0 unspecified atom stereocenters. The minimum Gasteiger partial charge on any atom is -0.349 e. The molecule has 1 saturated heterocycles. The molecule has 29 heavy (non-hydrogen) atoms. The zero-order valence-corrected chi connectivity index (χ0v) is 16.9. The van der Waals surface area contributed by atoms with Crippen LogP contribution in [0.2, 0.25) is 0 Å². The van der Waals surface area contributed by atoms with Crippen molar-refractivity contribution in [3.63, 3.8) is 0 Å². The highest BCUT2D eigenvalue weighted by molar-refractivity contribution is 5.79. The fourth-order valence-electron chi connectivity index (χ4n) is 3.67. The maximum atomic E-state index is 4.50. The van der Waals surface area contributed by atoms with Gasteiger partial charge in [-0.3, -0.25) is 9.89 Å². The Hall–Kier alpha value is -3.12. The third kappa shape index (κ3) is 5.03. The van der Waals surface area contributed by atoms with Gasteiger partial charge in [0.05, 0.1) is 18.4 Å². The number of aromatic amines is 1. The van der Waals surface area contributed by atoms with E-state index >= 15 is 0 Å². The third-order valence-corrected chi connectivity index (χ3v) is 5.26. The van der Waals surface area contributed by atoms with Gasteiger partial charge in [0.25, 0.3) is 0 Å². The van der Waals surface area contributed by atoms with Crippen molar-refractivity contribution in [3.8, 4) is 11.3 Å². The lowest BCUT2D eigenvalue weighted by atomic mass is 10.2. The van der Waals surface area contributed by atoms with Crippen molar-refractivity contribution >= 4 is 5.96 Å². The molecule has 0 radical (unpaired) electrons. The molecule has 2 heterocycles. The first-order chi connectivity index (χ1) is 14.3. The van der Waals surface area contributed by atoms with E-state index in [-0.39, 0.29) is 0 Å². The Morgan fingerprint density at radius 2 is 1.69 bits per heavy atom. The number of benzene rings is 2. The average Bonchev–Trinajstić information content (AvgIpc) is 3.26. The van der Waals surface area contributed by atoms with E-state index in [2.05, 4.69) is 72.5 Å². The Morgan fingerprint density at radius 3 is 2.38 bits per heavy atom. The molecule has 0 amide bonds. The van der Waals surface area contributed by atoms with Crippen molar-refractivity contribution in [2.45, 2.75) is 13.1 Å². The Morgan fingerprint density at radius 1 is 1.00 bits per heavy atom. The van der Waals surface area contributed by atoms with Crippen molar-refractivity contribution in [1.29, 1.82) is 0 Å². The molecule has 0 spiro atoms. The van der Waals surface area contributed by atoms with Gasteiger partial charge in [-0.1, -0.05) is 60.7 Å². The molecule has 2 aromatic carbocycles. The summed E-state index contributed by atoms with van der Waals surface area (Å²) in [4.78, 5) is 17.2. The van der Waals surface area contributed by atoms with Crippen LogP contribution >= 0.6 is 0 Å². The number of imidazole rings is 1. The van der Waals surface area contributed by atoms with Crippen LogP contribution in [0, 0.1) is 0 Å². The molecule has 1 aliphatic rings. The highest BCUT2D eigenvalue weighted by Crippen LogP contribution is 2.16. The van der Waals surface area contributed by atoms with Crippen molar-refractivity contribution in [2.24, 2.45) is 4.99 Å². The molecule has 1 aliphatic heterocycles. The first-order valence-electron chi connectivity index (χ1n) is 10.1. The summed E-state index contributed by atoms with van der Waals surface area (Å²) in [5.41, 5.74) is 3.55. The molecule has 6 heteroatoms. The average molecular weight is 389 g/mol. The van der Waals surface area contributed by atoms with Crippen molar-refractivity contribution in [2.75, 3.05) is 33.2 Å². The first-order valence-corrected chi connectivity index (χ1v) is 10.1. The van der Waals surface area contributed by atoms with E-state index in [0.717, 1.165) is 55.8 Å². The Bertz CT molecular complexity index is 911. The normalized spacial score (nSPS) is 15.5. The number of nitrogens with zero attached hydrogens (tertiary/aromatic N) is 4. The monoisotopic (exact) mass is 388 g/mol. The van der Waals surface area contributed by atoms with Gasteiger partial charge >= 0.3 is 0 Å². The smallest absolute Gasteiger partial charge is 0.194 e. The van der Waals surface area contributed by atoms with Crippen molar-refractivity contribution in [3.05, 3.63) is 78.2 Å². The van der Waals surface area contributed by atoms with E-state index < -0.39 is 0 Å². The summed E-state index contributed by atoms with van der Waals surface area (Å²) in [6.45, 7) is 5.65. The van der Waals surface area contributed by atoms with Crippen LogP contribution in [0.15, 0.2) is 71.9 Å². The summed E-state index contributed by atoms with van der Waals surface area (Å²) < 4.78 is 0. The summed E-state index contributed by atoms with van der Waals surface area (Å²) in [5, 5.41) is 3.45. The quantitative estimate of drug-likeness (QED) is 0.521. The van der Waals surface area contributed by atoms with Gasteiger partial charge in [-0.2, -0.15) is 0 Å². The number of guanidine groups is 1. The van der Waals surface area contributed by atoms with Gasteiger partial charge in [0.2, 0.25) is 0 Å². The van der Waals surface area contributed by atoms with Gasteiger partial charge in [-0.15, -0.1) is 0 Å². The van der Waals surface area contributed by atoms with Crippen LogP contribution in [0.4, 0.5) is 0 Å². The lowest BCUT2D eigenvalue weighted by Gasteiger charge is -2.36. The molecule has 1 fully saturated rings. The molecule has 1 aromatic heterocycles. The number of H-pyrrole nitrogens is 1. The van der Waals surface area contributed by atoms with Gasteiger partial charge in [0.1, 0.15) is 5.82 Å². The summed E-state index contributed by atoms with van der Waals surface area (Å²) in [5.74, 6) is 1.84. The summed E-state index contributed by atoms with van der Waals surface area (Å²) in [6.07, 6.45) is 1.89. The standard InChI is InChI=1S/C23H28N6/c1-24-23(26-17-22-25-16-21(27-22)20-10-6-3-7-11-20)29-14-12-28(13-15-29)18-19-8-4-2-5-9-19/h2-11,16H,12-15,17-18H2,1H3,(H,24,26)(H,25,27). The molecule has 0 saturated carbocycles. The molecular formula is C23H28N6.